The van der Waals surface area contributed by atoms with E-state index in [2.05, 4.69) is 58.1 Å². The second-order valence-corrected chi connectivity index (χ2v) is 5.68. The summed E-state index contributed by atoms with van der Waals surface area (Å²) in [6, 6.07) is 4.50. The van der Waals surface area contributed by atoms with Gasteiger partial charge in [-0.2, -0.15) is 0 Å². The second kappa shape index (κ2) is 7.40. The first-order valence-electron chi connectivity index (χ1n) is 5.35. The van der Waals surface area contributed by atoms with E-state index in [1.54, 1.807) is 0 Å². The van der Waals surface area contributed by atoms with Gasteiger partial charge in [-0.15, -0.1) is 0 Å². The second-order valence-electron chi connectivity index (χ2n) is 4.13. The van der Waals surface area contributed by atoms with Crippen LogP contribution in [0.5, 0.6) is 0 Å². The molecule has 1 unspecified atom stereocenters. The summed E-state index contributed by atoms with van der Waals surface area (Å²) in [4.78, 5) is 5.69. The van der Waals surface area contributed by atoms with Gasteiger partial charge in [0.05, 0.1) is 6.54 Å². The number of nitrogens with zero attached hydrogens (tertiary/aromatic N) is 1. The molecule has 1 aromatic carbocycles. The van der Waals surface area contributed by atoms with E-state index in [1.165, 1.54) is 27.3 Å². The van der Waals surface area contributed by atoms with Gasteiger partial charge in [-0.3, -0.25) is 4.90 Å². The number of hydrogen-bond donors (Lipinski definition) is 1. The van der Waals surface area contributed by atoms with E-state index in [9.17, 15) is 0 Å². The number of aliphatic imine (C=N–C) groups is 1. The zero-order chi connectivity index (χ0) is 12.8. The van der Waals surface area contributed by atoms with Crippen molar-refractivity contribution < 1.29 is 18.0 Å². The first kappa shape index (κ1) is 15.0. The Morgan fingerprint density at radius 1 is 1.18 bits per heavy atom. The predicted octanol–water partition coefficient (Wildman–Crippen LogP) is 2.55. The number of benzene rings is 1. The molecule has 2 nitrogen and oxygen atoms in total. The van der Waals surface area contributed by atoms with Gasteiger partial charge in [0.25, 0.3) is 0 Å². The zero-order valence-electron chi connectivity index (χ0n) is 10.2. The average molecular weight is 324 g/mol. The molecule has 0 saturated heterocycles. The van der Waals surface area contributed by atoms with E-state index in [0.29, 0.717) is 0 Å². The van der Waals surface area contributed by atoms with Gasteiger partial charge in [0.15, 0.2) is 6.34 Å². The Balaban J connectivity index is 0.000000437. The monoisotopic (exact) mass is 322 g/mol. The van der Waals surface area contributed by atoms with Crippen molar-refractivity contribution in [2.45, 2.75) is 20.8 Å². The van der Waals surface area contributed by atoms with Crippen molar-refractivity contribution >= 4 is 32.2 Å². The Morgan fingerprint density at radius 3 is 2.12 bits per heavy atom. The number of aryl methyl sites for hydroxylation is 3. The van der Waals surface area contributed by atoms with Crippen molar-refractivity contribution in [2.75, 3.05) is 13.1 Å². The van der Waals surface area contributed by atoms with Crippen LogP contribution in [0.4, 0.5) is 5.69 Å². The van der Waals surface area contributed by atoms with Crippen molar-refractivity contribution in [3.8, 4) is 0 Å². The van der Waals surface area contributed by atoms with Gasteiger partial charge >= 0.3 is 33.3 Å². The molecule has 1 atom stereocenters. The molecular weight excluding hydrogens is 307 g/mol. The molecule has 1 aliphatic rings. The van der Waals surface area contributed by atoms with Crippen LogP contribution in [0.2, 0.25) is 0 Å². The van der Waals surface area contributed by atoms with Crippen LogP contribution in [0.1, 0.15) is 16.7 Å². The zero-order valence-corrected chi connectivity index (χ0v) is 12.6. The fraction of sp³-hybridized carbons (Fsp3) is 0.417. The molecule has 0 radical (unpaired) electrons. The molecule has 1 aliphatic heterocycles. The van der Waals surface area contributed by atoms with E-state index < -0.39 is 0 Å². The summed E-state index contributed by atoms with van der Waals surface area (Å²) in [7, 11) is 9.34. The van der Waals surface area contributed by atoms with Gasteiger partial charge in [-0.25, -0.2) is 4.99 Å². The number of halogens is 2. The Morgan fingerprint density at radius 2 is 1.71 bits per heavy atom. The van der Waals surface area contributed by atoms with Gasteiger partial charge in [0, 0.05) is 11.1 Å². The molecule has 2 rings (SSSR count). The SMILES string of the molecule is Cc1cc(C)c([NH+]2C=NCC2)c(C)c1.[Cl][Cu][Cl]. The molecule has 1 N–H and O–H groups in total. The van der Waals surface area contributed by atoms with Crippen molar-refractivity contribution in [2.24, 2.45) is 4.99 Å². The normalized spacial score (nSPS) is 18.1. The fourth-order valence-corrected chi connectivity index (χ4v) is 2.30. The minimum atomic E-state index is 0.757. The predicted molar refractivity (Wildman–Crippen MR) is 71.2 cm³/mol. The maximum absolute atomic E-state index is 4.67. The fourth-order valence-electron chi connectivity index (χ4n) is 2.30. The molecule has 5 heteroatoms. The topological polar surface area (TPSA) is 16.8 Å². The van der Waals surface area contributed by atoms with Crippen LogP contribution in [-0.4, -0.2) is 19.4 Å². The molecule has 17 heavy (non-hydrogen) atoms. The molecule has 0 saturated carbocycles. The molecule has 0 spiro atoms. The summed E-state index contributed by atoms with van der Waals surface area (Å²) in [6.45, 7) is 8.59. The molecule has 0 amide bonds. The first-order valence-corrected chi connectivity index (χ1v) is 7.94. The molecule has 0 aliphatic carbocycles. The number of rotatable bonds is 1. The molecule has 0 fully saturated rings. The Hall–Kier alpha value is -0.0505. The van der Waals surface area contributed by atoms with Crippen LogP contribution in [0, 0.1) is 20.8 Å². The summed E-state index contributed by atoms with van der Waals surface area (Å²) >= 11 is 0.757. The Bertz CT molecular complexity index is 384. The maximum atomic E-state index is 4.67. The van der Waals surface area contributed by atoms with Crippen LogP contribution < -0.4 is 4.90 Å². The van der Waals surface area contributed by atoms with Crippen molar-refractivity contribution in [3.63, 3.8) is 0 Å². The molecular formula is C12H17Cl2CuN2+. The van der Waals surface area contributed by atoms with E-state index >= 15 is 0 Å². The van der Waals surface area contributed by atoms with Crippen LogP contribution in [-0.2, 0) is 13.1 Å². The third kappa shape index (κ3) is 4.27. The Kier molecular flexibility index (Phi) is 6.53. The molecule has 1 heterocycles. The molecule has 99 valence electrons. The number of nitrogens with one attached hydrogen (secondary N) is 1. The third-order valence-corrected chi connectivity index (χ3v) is 2.76. The number of quaternary nitrogens is 1. The van der Waals surface area contributed by atoms with Gasteiger partial charge in [-0.05, 0) is 20.8 Å². The van der Waals surface area contributed by atoms with Crippen LogP contribution in [0.25, 0.3) is 0 Å². The number of hydrogen-bond acceptors (Lipinski definition) is 1. The van der Waals surface area contributed by atoms with E-state index in [1.807, 2.05) is 6.34 Å². The first-order chi connectivity index (χ1) is 8.10. The van der Waals surface area contributed by atoms with Crippen molar-refractivity contribution in [1.82, 2.24) is 0 Å². The standard InChI is InChI=1S/C12H16N2.2ClH.Cu/c1-9-6-10(2)12(11(3)7-9)14-5-4-13-8-14;;;/h6-8H,4-5H2,1-3H3;2*1H;/q;;;+2/p-1. The van der Waals surface area contributed by atoms with Crippen molar-refractivity contribution in [3.05, 3.63) is 28.8 Å². The molecule has 1 aromatic rings. The van der Waals surface area contributed by atoms with Crippen LogP contribution in [0.15, 0.2) is 17.1 Å². The van der Waals surface area contributed by atoms with Gasteiger partial charge < -0.3 is 0 Å². The molecule has 0 aromatic heterocycles. The van der Waals surface area contributed by atoms with E-state index in [0.717, 1.165) is 26.2 Å². The van der Waals surface area contributed by atoms with Gasteiger partial charge in [-0.1, -0.05) is 17.7 Å². The summed E-state index contributed by atoms with van der Waals surface area (Å²) < 4.78 is 0. The van der Waals surface area contributed by atoms with Gasteiger partial charge in [0.2, 0.25) is 0 Å². The van der Waals surface area contributed by atoms with E-state index in [4.69, 9.17) is 0 Å². The quantitative estimate of drug-likeness (QED) is 0.765. The minimum absolute atomic E-state index is 0.757. The molecule has 0 bridgehead atoms. The van der Waals surface area contributed by atoms with E-state index in [-0.39, 0.29) is 0 Å². The van der Waals surface area contributed by atoms with Gasteiger partial charge in [0.1, 0.15) is 12.2 Å². The third-order valence-electron chi connectivity index (χ3n) is 2.76. The van der Waals surface area contributed by atoms with Crippen LogP contribution >= 0.6 is 20.2 Å². The summed E-state index contributed by atoms with van der Waals surface area (Å²) in [5.41, 5.74) is 5.52. The summed E-state index contributed by atoms with van der Waals surface area (Å²) in [5.74, 6) is 0. The summed E-state index contributed by atoms with van der Waals surface area (Å²) in [5, 5.41) is 0. The average Bonchev–Trinajstić information content (AvgIpc) is 2.70. The van der Waals surface area contributed by atoms with Crippen LogP contribution in [0.3, 0.4) is 0 Å². The summed E-state index contributed by atoms with van der Waals surface area (Å²) in [6.07, 6.45) is 2.03. The van der Waals surface area contributed by atoms with Crippen molar-refractivity contribution in [1.29, 1.82) is 0 Å². The Labute approximate surface area is 118 Å².